The van der Waals surface area contributed by atoms with Crippen LogP contribution in [-0.2, 0) is 0 Å². The molecule has 11 heavy (non-hydrogen) atoms. The fourth-order valence-corrected chi connectivity index (χ4v) is 1.60. The maximum atomic E-state index is 5.84. The van der Waals surface area contributed by atoms with Crippen LogP contribution in [-0.4, -0.2) is 11.2 Å². The largest absolute Gasteiger partial charge is 0.301 e. The molecule has 0 amide bonds. The van der Waals surface area contributed by atoms with Crippen molar-refractivity contribution in [3.8, 4) is 0 Å². The van der Waals surface area contributed by atoms with Gasteiger partial charge in [-0.05, 0) is 13.3 Å². The summed E-state index contributed by atoms with van der Waals surface area (Å²) in [6, 6.07) is 0.325. The smallest absolute Gasteiger partial charge is 0.154 e. The molecule has 0 spiro atoms. The molecule has 2 aliphatic rings. The molecule has 0 bridgehead atoms. The average molecular weight is 169 g/mol. The summed E-state index contributed by atoms with van der Waals surface area (Å²) in [7, 11) is 0. The molecule has 1 heterocycles. The Hall–Kier alpha value is -0.760. The number of hydrazone groups is 1. The lowest BCUT2D eigenvalue weighted by Gasteiger charge is -2.14. The molecule has 0 saturated heterocycles. The number of nitrogens with one attached hydrogen (secondary N) is 1. The van der Waals surface area contributed by atoms with Crippen molar-refractivity contribution in [3.63, 3.8) is 0 Å². The molecule has 0 aromatic carbocycles. The standard InChI is InChI=1S/C8H9ClN2/c1-5-2-3-7-6(4-5)8(9)11-10-7/h2,4,7,10H,3H2,1H3. The van der Waals surface area contributed by atoms with Gasteiger partial charge >= 0.3 is 0 Å². The Kier molecular flexibility index (Phi) is 1.50. The summed E-state index contributed by atoms with van der Waals surface area (Å²) in [6.45, 7) is 2.08. The van der Waals surface area contributed by atoms with E-state index < -0.39 is 0 Å². The third kappa shape index (κ3) is 1.07. The summed E-state index contributed by atoms with van der Waals surface area (Å²) in [5.41, 5.74) is 5.37. The van der Waals surface area contributed by atoms with Crippen LogP contribution < -0.4 is 5.43 Å². The zero-order chi connectivity index (χ0) is 7.84. The normalized spacial score (nSPS) is 28.2. The van der Waals surface area contributed by atoms with E-state index in [0.29, 0.717) is 11.2 Å². The Balaban J connectivity index is 2.35. The molecule has 2 nitrogen and oxygen atoms in total. The summed E-state index contributed by atoms with van der Waals surface area (Å²) in [4.78, 5) is 0. The van der Waals surface area contributed by atoms with Gasteiger partial charge in [0.1, 0.15) is 0 Å². The van der Waals surface area contributed by atoms with Crippen LogP contribution in [0, 0.1) is 0 Å². The second-order valence-electron chi connectivity index (χ2n) is 2.87. The van der Waals surface area contributed by atoms with Crippen LogP contribution in [0.25, 0.3) is 0 Å². The molecule has 3 heteroatoms. The molecule has 0 fully saturated rings. The Morgan fingerprint density at radius 3 is 3.36 bits per heavy atom. The third-order valence-corrected chi connectivity index (χ3v) is 2.29. The molecule has 58 valence electrons. The summed E-state index contributed by atoms with van der Waals surface area (Å²) >= 11 is 5.84. The minimum Gasteiger partial charge on any atom is -0.301 e. The quantitative estimate of drug-likeness (QED) is 0.586. The summed E-state index contributed by atoms with van der Waals surface area (Å²) < 4.78 is 0. The van der Waals surface area contributed by atoms with Crippen LogP contribution in [0.1, 0.15) is 13.3 Å². The van der Waals surface area contributed by atoms with Crippen LogP contribution in [0.2, 0.25) is 0 Å². The van der Waals surface area contributed by atoms with Gasteiger partial charge in [-0.3, -0.25) is 0 Å². The highest BCUT2D eigenvalue weighted by Gasteiger charge is 2.24. The van der Waals surface area contributed by atoms with Gasteiger partial charge in [0.15, 0.2) is 5.17 Å². The Bertz CT molecular complexity index is 276. The van der Waals surface area contributed by atoms with Gasteiger partial charge in [-0.2, -0.15) is 5.10 Å². The van der Waals surface area contributed by atoms with E-state index >= 15 is 0 Å². The molecule has 1 atom stereocenters. The number of rotatable bonds is 0. The summed E-state index contributed by atoms with van der Waals surface area (Å²) in [6.07, 6.45) is 5.27. The van der Waals surface area contributed by atoms with Gasteiger partial charge in [-0.15, -0.1) is 0 Å². The van der Waals surface area contributed by atoms with E-state index in [1.807, 2.05) is 0 Å². The van der Waals surface area contributed by atoms with Crippen LogP contribution in [0.4, 0.5) is 0 Å². The Morgan fingerprint density at radius 2 is 2.55 bits per heavy atom. The number of hydrogen-bond acceptors (Lipinski definition) is 2. The highest BCUT2D eigenvalue weighted by molar-refractivity contribution is 6.70. The van der Waals surface area contributed by atoms with Crippen molar-refractivity contribution in [1.29, 1.82) is 0 Å². The average Bonchev–Trinajstić information content (AvgIpc) is 2.33. The topological polar surface area (TPSA) is 24.4 Å². The molecule has 0 radical (unpaired) electrons. The number of fused-ring (bicyclic) bond motifs is 1. The van der Waals surface area contributed by atoms with Gasteiger partial charge < -0.3 is 5.43 Å². The lowest BCUT2D eigenvalue weighted by Crippen LogP contribution is -2.22. The Labute approximate surface area is 70.6 Å². The first-order valence-electron chi connectivity index (χ1n) is 3.65. The number of nitrogens with zero attached hydrogens (tertiary/aromatic N) is 1. The van der Waals surface area contributed by atoms with E-state index in [0.717, 1.165) is 12.0 Å². The first-order chi connectivity index (χ1) is 5.27. The van der Waals surface area contributed by atoms with Gasteiger partial charge in [-0.1, -0.05) is 29.3 Å². The van der Waals surface area contributed by atoms with Gasteiger partial charge in [0.2, 0.25) is 0 Å². The molecule has 1 N–H and O–H groups in total. The van der Waals surface area contributed by atoms with E-state index in [1.165, 1.54) is 5.57 Å². The zero-order valence-electron chi connectivity index (χ0n) is 6.26. The molecule has 0 aromatic rings. The molecule has 1 aliphatic heterocycles. The van der Waals surface area contributed by atoms with E-state index in [9.17, 15) is 0 Å². The highest BCUT2D eigenvalue weighted by atomic mass is 35.5. The SMILES string of the molecule is CC1=CCC2NN=C(Cl)C2=C1. The second kappa shape index (κ2) is 2.38. The maximum absolute atomic E-state index is 5.84. The van der Waals surface area contributed by atoms with E-state index in [2.05, 4.69) is 29.6 Å². The fourth-order valence-electron chi connectivity index (χ4n) is 1.36. The summed E-state index contributed by atoms with van der Waals surface area (Å²) in [5, 5.41) is 4.56. The predicted molar refractivity (Wildman–Crippen MR) is 46.7 cm³/mol. The minimum atomic E-state index is 0.325. The van der Waals surface area contributed by atoms with Crippen LogP contribution >= 0.6 is 11.6 Å². The second-order valence-corrected chi connectivity index (χ2v) is 3.23. The molecular weight excluding hydrogens is 160 g/mol. The lowest BCUT2D eigenvalue weighted by atomic mass is 9.97. The molecule has 0 saturated carbocycles. The monoisotopic (exact) mass is 168 g/mol. The van der Waals surface area contributed by atoms with Crippen LogP contribution in [0.15, 0.2) is 28.4 Å². The minimum absolute atomic E-state index is 0.325. The van der Waals surface area contributed by atoms with Gasteiger partial charge in [0.25, 0.3) is 0 Å². The van der Waals surface area contributed by atoms with Gasteiger partial charge in [0.05, 0.1) is 6.04 Å². The van der Waals surface area contributed by atoms with E-state index in [1.54, 1.807) is 0 Å². The number of halogens is 1. The van der Waals surface area contributed by atoms with Gasteiger partial charge in [-0.25, -0.2) is 0 Å². The molecule has 1 unspecified atom stereocenters. The van der Waals surface area contributed by atoms with Crippen molar-refractivity contribution in [2.24, 2.45) is 5.10 Å². The zero-order valence-corrected chi connectivity index (χ0v) is 7.02. The predicted octanol–water partition coefficient (Wildman–Crippen LogP) is 1.79. The van der Waals surface area contributed by atoms with Crippen molar-refractivity contribution in [2.75, 3.05) is 0 Å². The summed E-state index contributed by atoms with van der Waals surface area (Å²) in [5.74, 6) is 0. The first kappa shape index (κ1) is 6.92. The lowest BCUT2D eigenvalue weighted by molar-refractivity contribution is 0.640. The molecule has 0 aromatic heterocycles. The number of allylic oxidation sites excluding steroid dienone is 2. The molecular formula is C8H9ClN2. The fraction of sp³-hybridized carbons (Fsp3) is 0.375. The Morgan fingerprint density at radius 1 is 1.73 bits per heavy atom. The maximum Gasteiger partial charge on any atom is 0.154 e. The van der Waals surface area contributed by atoms with Gasteiger partial charge in [0, 0.05) is 5.57 Å². The van der Waals surface area contributed by atoms with Crippen LogP contribution in [0.3, 0.4) is 0 Å². The molecule has 1 aliphatic carbocycles. The van der Waals surface area contributed by atoms with Crippen molar-refractivity contribution in [3.05, 3.63) is 23.3 Å². The molecule has 2 rings (SSSR count). The van der Waals surface area contributed by atoms with Crippen molar-refractivity contribution >= 4 is 16.8 Å². The number of hydrogen-bond donors (Lipinski definition) is 1. The van der Waals surface area contributed by atoms with E-state index in [4.69, 9.17) is 11.6 Å². The van der Waals surface area contributed by atoms with Crippen molar-refractivity contribution < 1.29 is 0 Å². The van der Waals surface area contributed by atoms with Crippen molar-refractivity contribution in [2.45, 2.75) is 19.4 Å². The highest BCUT2D eigenvalue weighted by Crippen LogP contribution is 2.24. The third-order valence-electron chi connectivity index (χ3n) is 1.99. The van der Waals surface area contributed by atoms with E-state index in [-0.39, 0.29) is 0 Å². The van der Waals surface area contributed by atoms with Crippen LogP contribution in [0.5, 0.6) is 0 Å². The van der Waals surface area contributed by atoms with Crippen molar-refractivity contribution in [1.82, 2.24) is 5.43 Å². The first-order valence-corrected chi connectivity index (χ1v) is 4.02.